The van der Waals surface area contributed by atoms with E-state index in [1.807, 2.05) is 41.0 Å². The van der Waals surface area contributed by atoms with E-state index < -0.39 is 6.03 Å². The summed E-state index contributed by atoms with van der Waals surface area (Å²) in [7, 11) is 4.75. The summed E-state index contributed by atoms with van der Waals surface area (Å²) in [6.45, 7) is 2.47. The first-order valence-electron chi connectivity index (χ1n) is 15.6. The van der Waals surface area contributed by atoms with Gasteiger partial charge >= 0.3 is 6.03 Å². The van der Waals surface area contributed by atoms with Gasteiger partial charge < -0.3 is 39.6 Å². The number of piperidine rings is 1. The van der Waals surface area contributed by atoms with E-state index in [1.165, 1.54) is 0 Å². The van der Waals surface area contributed by atoms with Crippen molar-refractivity contribution in [3.05, 3.63) is 106 Å². The standard InChI is InChI=1S/C36H39N5O6/c1-45-28-7-4-6-27(19-28)38-36(44)39-29-18-25(35(43)37-15-14-23-10-13-32(46-2)33(17-23)47-3)11-12-31(29)40-20-24-16-26(22-40)30-8-5-9-34(42)41(30)21-24/h4-13,17-19,24,26H,14-16,20-22H2,1-3H3,(H,37,43)(H2,38,39,44). The van der Waals surface area contributed by atoms with Gasteiger partial charge in [0.2, 0.25) is 0 Å². The first-order chi connectivity index (χ1) is 22.8. The zero-order chi connectivity index (χ0) is 32.9. The van der Waals surface area contributed by atoms with Gasteiger partial charge in [-0.15, -0.1) is 0 Å². The van der Waals surface area contributed by atoms with Crippen LogP contribution in [0.5, 0.6) is 17.2 Å². The molecule has 1 saturated heterocycles. The number of urea groups is 1. The van der Waals surface area contributed by atoms with Crippen LogP contribution in [0.4, 0.5) is 21.9 Å². The quantitative estimate of drug-likeness (QED) is 0.221. The van der Waals surface area contributed by atoms with Gasteiger partial charge in [0, 0.05) is 61.2 Å². The highest BCUT2D eigenvalue weighted by Crippen LogP contribution is 2.39. The molecule has 0 radical (unpaired) electrons. The molecule has 2 unspecified atom stereocenters. The van der Waals surface area contributed by atoms with Crippen molar-refractivity contribution in [2.24, 2.45) is 5.92 Å². The minimum absolute atomic E-state index is 0.0312. The van der Waals surface area contributed by atoms with Crippen LogP contribution in [-0.4, -0.2) is 57.5 Å². The Bertz CT molecular complexity index is 1840. The van der Waals surface area contributed by atoms with E-state index in [0.717, 1.165) is 29.9 Å². The molecule has 11 nitrogen and oxygen atoms in total. The van der Waals surface area contributed by atoms with E-state index in [1.54, 1.807) is 63.8 Å². The van der Waals surface area contributed by atoms with Crippen molar-refractivity contribution in [3.8, 4) is 17.2 Å². The molecule has 3 N–H and O–H groups in total. The van der Waals surface area contributed by atoms with Crippen LogP contribution in [0.2, 0.25) is 0 Å². The van der Waals surface area contributed by atoms with Crippen molar-refractivity contribution in [2.75, 3.05) is 56.5 Å². The zero-order valence-corrected chi connectivity index (χ0v) is 26.7. The molecule has 2 bridgehead atoms. The Morgan fingerprint density at radius 2 is 1.66 bits per heavy atom. The normalized spacial score (nSPS) is 16.4. The van der Waals surface area contributed by atoms with E-state index in [-0.39, 0.29) is 23.3 Å². The Labute approximate surface area is 273 Å². The molecule has 2 aliphatic rings. The number of nitrogens with one attached hydrogen (secondary N) is 3. The molecule has 6 rings (SSSR count). The Hall–Kier alpha value is -5.45. The van der Waals surface area contributed by atoms with Gasteiger partial charge in [0.05, 0.1) is 32.7 Å². The van der Waals surface area contributed by atoms with E-state index in [9.17, 15) is 14.4 Å². The molecule has 0 saturated carbocycles. The molecule has 2 aliphatic heterocycles. The third-order valence-corrected chi connectivity index (χ3v) is 8.80. The van der Waals surface area contributed by atoms with Crippen LogP contribution in [0, 0.1) is 5.92 Å². The average Bonchev–Trinajstić information content (AvgIpc) is 3.08. The highest BCUT2D eigenvalue weighted by Gasteiger charge is 2.35. The van der Waals surface area contributed by atoms with E-state index >= 15 is 0 Å². The number of pyridine rings is 1. The van der Waals surface area contributed by atoms with Crippen LogP contribution in [0.25, 0.3) is 0 Å². The van der Waals surface area contributed by atoms with E-state index in [4.69, 9.17) is 14.2 Å². The zero-order valence-electron chi connectivity index (χ0n) is 26.7. The minimum atomic E-state index is -0.445. The topological polar surface area (TPSA) is 123 Å². The molecule has 1 fully saturated rings. The van der Waals surface area contributed by atoms with Gasteiger partial charge in [-0.3, -0.25) is 9.59 Å². The lowest BCUT2D eigenvalue weighted by Gasteiger charge is -2.44. The summed E-state index contributed by atoms with van der Waals surface area (Å²) in [5.74, 6) is 2.10. The fourth-order valence-corrected chi connectivity index (χ4v) is 6.59. The predicted molar refractivity (Wildman–Crippen MR) is 181 cm³/mol. The molecular formula is C36H39N5O6. The number of amides is 3. The van der Waals surface area contributed by atoms with Crippen molar-refractivity contribution >= 4 is 29.0 Å². The number of hydrogen-bond acceptors (Lipinski definition) is 7. The summed E-state index contributed by atoms with van der Waals surface area (Å²) in [4.78, 5) is 41.4. The number of ether oxygens (including phenoxy) is 3. The van der Waals surface area contributed by atoms with Crippen LogP contribution < -0.4 is 40.6 Å². The lowest BCUT2D eigenvalue weighted by atomic mass is 9.83. The lowest BCUT2D eigenvalue weighted by Crippen LogP contribution is -2.47. The van der Waals surface area contributed by atoms with Crippen molar-refractivity contribution in [1.29, 1.82) is 0 Å². The molecule has 2 atom stereocenters. The minimum Gasteiger partial charge on any atom is -0.497 e. The highest BCUT2D eigenvalue weighted by molar-refractivity contribution is 6.04. The first-order valence-corrected chi connectivity index (χ1v) is 15.6. The fraction of sp³-hybridized carbons (Fsp3) is 0.306. The van der Waals surface area contributed by atoms with E-state index in [2.05, 4.69) is 20.9 Å². The van der Waals surface area contributed by atoms with Gasteiger partial charge in [-0.25, -0.2) is 4.79 Å². The second kappa shape index (κ2) is 13.9. The second-order valence-corrected chi connectivity index (χ2v) is 11.8. The number of hydrogen-bond donors (Lipinski definition) is 3. The summed E-state index contributed by atoms with van der Waals surface area (Å²) < 4.78 is 17.9. The third kappa shape index (κ3) is 7.04. The fourth-order valence-electron chi connectivity index (χ4n) is 6.59. The Morgan fingerprint density at radius 1 is 0.830 bits per heavy atom. The van der Waals surface area contributed by atoms with Gasteiger partial charge in [0.1, 0.15) is 5.75 Å². The largest absolute Gasteiger partial charge is 0.497 e. The molecule has 11 heteroatoms. The smallest absolute Gasteiger partial charge is 0.323 e. The van der Waals surface area contributed by atoms with Crippen LogP contribution in [0.1, 0.15) is 34.0 Å². The number of benzene rings is 3. The SMILES string of the molecule is COc1cccc(NC(=O)Nc2cc(C(=O)NCCc3ccc(OC)c(OC)c3)ccc2N2CC3CC(C2)c2cccc(=O)n2C3)c1. The highest BCUT2D eigenvalue weighted by atomic mass is 16.5. The number of carbonyl (C=O) groups is 2. The Morgan fingerprint density at radius 3 is 2.47 bits per heavy atom. The summed E-state index contributed by atoms with van der Waals surface area (Å²) in [6, 6.07) is 23.2. The number of rotatable bonds is 10. The molecule has 244 valence electrons. The lowest BCUT2D eigenvalue weighted by molar-refractivity contribution is 0.0954. The molecule has 3 heterocycles. The van der Waals surface area contributed by atoms with E-state index in [0.29, 0.717) is 60.2 Å². The number of anilines is 3. The van der Waals surface area contributed by atoms with Crippen LogP contribution in [-0.2, 0) is 13.0 Å². The van der Waals surface area contributed by atoms with Gasteiger partial charge in [-0.1, -0.05) is 18.2 Å². The molecule has 3 aromatic carbocycles. The summed E-state index contributed by atoms with van der Waals surface area (Å²) in [5.41, 5.74) is 4.39. The van der Waals surface area contributed by atoms with Gasteiger partial charge in [0.15, 0.2) is 11.5 Å². The molecule has 0 aliphatic carbocycles. The van der Waals surface area contributed by atoms with Crippen molar-refractivity contribution < 1.29 is 23.8 Å². The Balaban J connectivity index is 1.22. The molecule has 1 aromatic heterocycles. The maximum atomic E-state index is 13.3. The van der Waals surface area contributed by atoms with Crippen molar-refractivity contribution in [1.82, 2.24) is 9.88 Å². The molecule has 47 heavy (non-hydrogen) atoms. The average molecular weight is 638 g/mol. The first kappa shape index (κ1) is 31.5. The molecule has 3 amide bonds. The molecule has 4 aromatic rings. The van der Waals surface area contributed by atoms with Crippen molar-refractivity contribution in [2.45, 2.75) is 25.3 Å². The summed E-state index contributed by atoms with van der Waals surface area (Å²) >= 11 is 0. The molecular weight excluding hydrogens is 598 g/mol. The predicted octanol–water partition coefficient (Wildman–Crippen LogP) is 5.11. The van der Waals surface area contributed by atoms with Crippen LogP contribution >= 0.6 is 0 Å². The maximum Gasteiger partial charge on any atom is 0.323 e. The summed E-state index contributed by atoms with van der Waals surface area (Å²) in [6.07, 6.45) is 1.60. The van der Waals surface area contributed by atoms with Crippen LogP contribution in [0.3, 0.4) is 0 Å². The maximum absolute atomic E-state index is 13.3. The van der Waals surface area contributed by atoms with Gasteiger partial charge in [0.25, 0.3) is 11.5 Å². The van der Waals surface area contributed by atoms with Crippen LogP contribution in [0.15, 0.2) is 83.7 Å². The van der Waals surface area contributed by atoms with Gasteiger partial charge in [-0.2, -0.15) is 0 Å². The number of carbonyl (C=O) groups excluding carboxylic acids is 2. The number of nitrogens with zero attached hydrogens (tertiary/aromatic N) is 2. The Kier molecular flexibility index (Phi) is 9.32. The monoisotopic (exact) mass is 637 g/mol. The summed E-state index contributed by atoms with van der Waals surface area (Å²) in [5, 5.41) is 8.86. The second-order valence-electron chi connectivity index (χ2n) is 11.8. The third-order valence-electron chi connectivity index (χ3n) is 8.80. The number of fused-ring (bicyclic) bond motifs is 4. The van der Waals surface area contributed by atoms with Crippen molar-refractivity contribution in [3.63, 3.8) is 0 Å². The van der Waals surface area contributed by atoms with Gasteiger partial charge in [-0.05, 0) is 72.9 Å². The molecule has 0 spiro atoms. The number of methoxy groups -OCH3 is 3. The number of aromatic nitrogens is 1.